The molecule has 3 rings (SSSR count). The summed E-state index contributed by atoms with van der Waals surface area (Å²) in [4.78, 5) is 26.2. The van der Waals surface area contributed by atoms with Gasteiger partial charge in [-0.1, -0.05) is 48.5 Å². The highest BCUT2D eigenvalue weighted by molar-refractivity contribution is 5.98. The molecule has 26 heavy (non-hydrogen) atoms. The lowest BCUT2D eigenvalue weighted by Crippen LogP contribution is -2.47. The first-order valence-corrected chi connectivity index (χ1v) is 9.05. The number of anilines is 1. The molecule has 2 amide bonds. The lowest BCUT2D eigenvalue weighted by Gasteiger charge is -2.34. The number of likely N-dealkylation sites (tertiary alicyclic amines) is 1. The Hall–Kier alpha value is -2.66. The standard InChI is InChI=1S/C21H25N3O2/c1-15(24-13-11-17(12-14-24)20(22)25)21(26)23-19-10-6-5-9-18(19)16-7-3-2-4-8-16/h2-10,15,17H,11-14H2,1H3,(H2,22,25)(H,23,26)/t15-/m1/s1. The maximum atomic E-state index is 12.8. The SMILES string of the molecule is C[C@H](C(=O)Nc1ccccc1-c1ccccc1)N1CCC(C(N)=O)CC1. The third kappa shape index (κ3) is 4.11. The van der Waals surface area contributed by atoms with Crippen LogP contribution in [0.5, 0.6) is 0 Å². The highest BCUT2D eigenvalue weighted by Gasteiger charge is 2.28. The second kappa shape index (κ2) is 8.15. The van der Waals surface area contributed by atoms with Crippen molar-refractivity contribution >= 4 is 17.5 Å². The van der Waals surface area contributed by atoms with Gasteiger partial charge in [0.15, 0.2) is 0 Å². The Morgan fingerprint density at radius 1 is 1.04 bits per heavy atom. The van der Waals surface area contributed by atoms with Crippen molar-refractivity contribution in [3.05, 3.63) is 54.6 Å². The summed E-state index contributed by atoms with van der Waals surface area (Å²) in [6.45, 7) is 3.33. The molecule has 0 unspecified atom stereocenters. The third-order valence-corrected chi connectivity index (χ3v) is 5.13. The van der Waals surface area contributed by atoms with Gasteiger partial charge in [-0.15, -0.1) is 0 Å². The Kier molecular flexibility index (Phi) is 5.68. The van der Waals surface area contributed by atoms with E-state index in [1.807, 2.05) is 61.5 Å². The molecule has 0 spiro atoms. The van der Waals surface area contributed by atoms with Crippen LogP contribution in [0.1, 0.15) is 19.8 Å². The fourth-order valence-electron chi connectivity index (χ4n) is 3.44. The normalized spacial score (nSPS) is 16.8. The molecule has 5 nitrogen and oxygen atoms in total. The van der Waals surface area contributed by atoms with Crippen LogP contribution in [0.25, 0.3) is 11.1 Å². The summed E-state index contributed by atoms with van der Waals surface area (Å²) >= 11 is 0. The van der Waals surface area contributed by atoms with Crippen molar-refractivity contribution in [1.29, 1.82) is 0 Å². The van der Waals surface area contributed by atoms with Crippen LogP contribution in [-0.2, 0) is 9.59 Å². The number of rotatable bonds is 5. The highest BCUT2D eigenvalue weighted by atomic mass is 16.2. The Bertz CT molecular complexity index is 768. The largest absolute Gasteiger partial charge is 0.369 e. The number of piperidine rings is 1. The van der Waals surface area contributed by atoms with Crippen molar-refractivity contribution in [2.24, 2.45) is 11.7 Å². The fraction of sp³-hybridized carbons (Fsp3) is 0.333. The molecule has 0 saturated carbocycles. The zero-order valence-corrected chi connectivity index (χ0v) is 15.0. The zero-order chi connectivity index (χ0) is 18.5. The molecule has 1 aliphatic rings. The van der Waals surface area contributed by atoms with Crippen LogP contribution in [0.15, 0.2) is 54.6 Å². The van der Waals surface area contributed by atoms with Crippen LogP contribution < -0.4 is 11.1 Å². The van der Waals surface area contributed by atoms with Crippen molar-refractivity contribution in [2.75, 3.05) is 18.4 Å². The van der Waals surface area contributed by atoms with E-state index in [0.29, 0.717) is 25.9 Å². The van der Waals surface area contributed by atoms with Gasteiger partial charge in [-0.3, -0.25) is 14.5 Å². The lowest BCUT2D eigenvalue weighted by molar-refractivity contribution is -0.124. The van der Waals surface area contributed by atoms with E-state index in [1.165, 1.54) is 0 Å². The monoisotopic (exact) mass is 351 g/mol. The predicted octanol–water partition coefficient (Wildman–Crippen LogP) is 2.88. The molecular formula is C21H25N3O2. The number of carbonyl (C=O) groups excluding carboxylic acids is 2. The maximum Gasteiger partial charge on any atom is 0.241 e. The molecule has 2 aromatic carbocycles. The van der Waals surface area contributed by atoms with E-state index in [9.17, 15) is 9.59 Å². The number of nitrogens with two attached hydrogens (primary N) is 1. The van der Waals surface area contributed by atoms with Gasteiger partial charge in [0.25, 0.3) is 0 Å². The summed E-state index contributed by atoms with van der Waals surface area (Å²) in [6.07, 6.45) is 1.43. The Morgan fingerprint density at radius 2 is 1.65 bits per heavy atom. The number of primary amides is 1. The van der Waals surface area contributed by atoms with Crippen molar-refractivity contribution < 1.29 is 9.59 Å². The third-order valence-electron chi connectivity index (χ3n) is 5.13. The van der Waals surface area contributed by atoms with Crippen LogP contribution in [0.2, 0.25) is 0 Å². The van der Waals surface area contributed by atoms with E-state index in [1.54, 1.807) is 0 Å². The van der Waals surface area contributed by atoms with Crippen LogP contribution in [0.4, 0.5) is 5.69 Å². The fourth-order valence-corrected chi connectivity index (χ4v) is 3.44. The summed E-state index contributed by atoms with van der Waals surface area (Å²) in [7, 11) is 0. The first-order valence-electron chi connectivity index (χ1n) is 9.05. The summed E-state index contributed by atoms with van der Waals surface area (Å²) in [5.41, 5.74) is 8.26. The van der Waals surface area contributed by atoms with Gasteiger partial charge >= 0.3 is 0 Å². The molecule has 1 aliphatic heterocycles. The van der Waals surface area contributed by atoms with E-state index in [2.05, 4.69) is 10.2 Å². The predicted molar refractivity (Wildman–Crippen MR) is 103 cm³/mol. The molecule has 2 aromatic rings. The number of amides is 2. The van der Waals surface area contributed by atoms with Gasteiger partial charge in [0.2, 0.25) is 11.8 Å². The minimum absolute atomic E-state index is 0.0362. The Balaban J connectivity index is 1.68. The molecular weight excluding hydrogens is 326 g/mol. The summed E-state index contributed by atoms with van der Waals surface area (Å²) in [5, 5.41) is 3.07. The number of para-hydroxylation sites is 1. The van der Waals surface area contributed by atoms with Gasteiger partial charge in [0.05, 0.1) is 6.04 Å². The van der Waals surface area contributed by atoms with Crippen molar-refractivity contribution in [3.8, 4) is 11.1 Å². The van der Waals surface area contributed by atoms with Crippen LogP contribution in [-0.4, -0.2) is 35.8 Å². The smallest absolute Gasteiger partial charge is 0.241 e. The average Bonchev–Trinajstić information content (AvgIpc) is 2.68. The molecule has 1 heterocycles. The lowest BCUT2D eigenvalue weighted by atomic mass is 9.95. The second-order valence-corrected chi connectivity index (χ2v) is 6.79. The number of benzene rings is 2. The Morgan fingerprint density at radius 3 is 2.31 bits per heavy atom. The van der Waals surface area contributed by atoms with Crippen LogP contribution in [0, 0.1) is 5.92 Å². The summed E-state index contributed by atoms with van der Waals surface area (Å²) in [5.74, 6) is -0.343. The minimum Gasteiger partial charge on any atom is -0.369 e. The van der Waals surface area contributed by atoms with Crippen LogP contribution >= 0.6 is 0 Å². The van der Waals surface area contributed by atoms with Crippen LogP contribution in [0.3, 0.4) is 0 Å². The molecule has 136 valence electrons. The molecule has 1 fully saturated rings. The van der Waals surface area contributed by atoms with Gasteiger partial charge in [-0.05, 0) is 44.5 Å². The van der Waals surface area contributed by atoms with Crippen molar-refractivity contribution in [3.63, 3.8) is 0 Å². The molecule has 3 N–H and O–H groups in total. The maximum absolute atomic E-state index is 12.8. The molecule has 0 aromatic heterocycles. The molecule has 1 atom stereocenters. The first-order chi connectivity index (χ1) is 12.6. The number of nitrogens with zero attached hydrogens (tertiary/aromatic N) is 1. The topological polar surface area (TPSA) is 75.4 Å². The van der Waals surface area contributed by atoms with Crippen molar-refractivity contribution in [1.82, 2.24) is 4.90 Å². The van der Waals surface area contributed by atoms with E-state index < -0.39 is 0 Å². The molecule has 1 saturated heterocycles. The van der Waals surface area contributed by atoms with E-state index in [-0.39, 0.29) is 23.8 Å². The number of hydrogen-bond acceptors (Lipinski definition) is 3. The van der Waals surface area contributed by atoms with Gasteiger partial charge < -0.3 is 11.1 Å². The number of carbonyl (C=O) groups is 2. The van der Waals surface area contributed by atoms with Gasteiger partial charge in [-0.2, -0.15) is 0 Å². The average molecular weight is 351 g/mol. The number of hydrogen-bond donors (Lipinski definition) is 2. The van der Waals surface area contributed by atoms with Gasteiger partial charge in [0.1, 0.15) is 0 Å². The molecule has 0 aliphatic carbocycles. The molecule has 5 heteroatoms. The molecule has 0 bridgehead atoms. The van der Waals surface area contributed by atoms with Crippen molar-refractivity contribution in [2.45, 2.75) is 25.8 Å². The summed E-state index contributed by atoms with van der Waals surface area (Å²) < 4.78 is 0. The quantitative estimate of drug-likeness (QED) is 0.870. The minimum atomic E-state index is -0.257. The van der Waals surface area contributed by atoms with Gasteiger partial charge in [0, 0.05) is 17.2 Å². The molecule has 0 radical (unpaired) electrons. The Labute approximate surface area is 154 Å². The van der Waals surface area contributed by atoms with E-state index in [4.69, 9.17) is 5.73 Å². The van der Waals surface area contributed by atoms with E-state index in [0.717, 1.165) is 16.8 Å². The van der Waals surface area contributed by atoms with Gasteiger partial charge in [-0.25, -0.2) is 0 Å². The first kappa shape index (κ1) is 18.1. The highest BCUT2D eigenvalue weighted by Crippen LogP contribution is 2.28. The van der Waals surface area contributed by atoms with E-state index >= 15 is 0 Å². The summed E-state index contributed by atoms with van der Waals surface area (Å²) in [6, 6.07) is 17.6. The second-order valence-electron chi connectivity index (χ2n) is 6.79. The zero-order valence-electron chi connectivity index (χ0n) is 15.0. The number of nitrogens with one attached hydrogen (secondary N) is 1.